The van der Waals surface area contributed by atoms with E-state index in [0.717, 1.165) is 89.9 Å². The van der Waals surface area contributed by atoms with Crippen molar-refractivity contribution < 1.29 is 28.6 Å². The van der Waals surface area contributed by atoms with E-state index in [2.05, 4.69) is 69.4 Å². The molecule has 1 atom stereocenters. The van der Waals surface area contributed by atoms with Gasteiger partial charge in [0.25, 0.3) is 0 Å². The van der Waals surface area contributed by atoms with Crippen molar-refractivity contribution in [2.75, 3.05) is 13.2 Å². The first kappa shape index (κ1) is 59.4. The third-order valence-corrected chi connectivity index (χ3v) is 11.6. The average Bonchev–Trinajstić information content (AvgIpc) is 3.27. The fourth-order valence-electron chi connectivity index (χ4n) is 7.57. The van der Waals surface area contributed by atoms with Crippen LogP contribution >= 0.6 is 0 Å². The molecule has 0 heterocycles. The van der Waals surface area contributed by atoms with E-state index in [4.69, 9.17) is 14.2 Å². The second kappa shape index (κ2) is 51.0. The Morgan fingerprint density at radius 2 is 0.629 bits per heavy atom. The van der Waals surface area contributed by atoms with E-state index in [-0.39, 0.29) is 31.1 Å². The number of hydrogen-bond donors (Lipinski definition) is 0. The van der Waals surface area contributed by atoms with Crippen LogP contribution in [0.25, 0.3) is 0 Å². The maximum Gasteiger partial charge on any atom is 0.306 e. The van der Waals surface area contributed by atoms with Crippen LogP contribution in [0.2, 0.25) is 0 Å². The summed E-state index contributed by atoms with van der Waals surface area (Å²) in [6, 6.07) is 0. The highest BCUT2D eigenvalue weighted by Gasteiger charge is 2.19. The third kappa shape index (κ3) is 48.4. The Hall–Kier alpha value is -2.63. The standard InChI is InChI=1S/C56H100O6/c1-4-7-10-13-16-19-22-25-26-27-28-29-30-32-34-37-40-43-46-49-55(58)61-52-53(51-60-54(57)48-45-42-39-36-33-24-21-18-15-12-9-6-3)62-56(59)50-47-44-41-38-35-31-23-20-17-14-11-8-5-2/h9,12,18,21,31,33,35-36,53H,4-8,10-11,13-17,19-20,22-30,32,34,37-52H2,1-3H3/b12-9-,21-18-,35-31-,36-33-. The lowest BCUT2D eigenvalue weighted by molar-refractivity contribution is -0.167. The molecule has 62 heavy (non-hydrogen) atoms. The van der Waals surface area contributed by atoms with Crippen LogP contribution in [0.1, 0.15) is 271 Å². The van der Waals surface area contributed by atoms with Crippen LogP contribution in [0.4, 0.5) is 0 Å². The first-order valence-electron chi connectivity index (χ1n) is 26.6. The van der Waals surface area contributed by atoms with E-state index >= 15 is 0 Å². The minimum Gasteiger partial charge on any atom is -0.462 e. The number of esters is 3. The van der Waals surface area contributed by atoms with Crippen LogP contribution in [0.5, 0.6) is 0 Å². The number of ether oxygens (including phenoxy) is 3. The highest BCUT2D eigenvalue weighted by molar-refractivity contribution is 5.71. The van der Waals surface area contributed by atoms with Gasteiger partial charge in [0.15, 0.2) is 6.10 Å². The lowest BCUT2D eigenvalue weighted by Gasteiger charge is -2.18. The summed E-state index contributed by atoms with van der Waals surface area (Å²) in [5, 5.41) is 0. The maximum absolute atomic E-state index is 12.8. The van der Waals surface area contributed by atoms with Crippen molar-refractivity contribution in [1.82, 2.24) is 0 Å². The average molecular weight is 869 g/mol. The van der Waals surface area contributed by atoms with Gasteiger partial charge in [0.05, 0.1) is 0 Å². The van der Waals surface area contributed by atoms with Crippen molar-refractivity contribution in [3.63, 3.8) is 0 Å². The fourth-order valence-corrected chi connectivity index (χ4v) is 7.57. The molecule has 1 unspecified atom stereocenters. The first-order chi connectivity index (χ1) is 30.5. The summed E-state index contributed by atoms with van der Waals surface area (Å²) < 4.78 is 16.8. The number of rotatable bonds is 48. The van der Waals surface area contributed by atoms with Crippen LogP contribution in [0.3, 0.4) is 0 Å². The summed E-state index contributed by atoms with van der Waals surface area (Å²) in [5.41, 5.74) is 0. The van der Waals surface area contributed by atoms with Gasteiger partial charge in [-0.2, -0.15) is 0 Å². The Morgan fingerprint density at radius 1 is 0.339 bits per heavy atom. The molecule has 0 rings (SSSR count). The minimum absolute atomic E-state index is 0.0888. The summed E-state index contributed by atoms with van der Waals surface area (Å²) >= 11 is 0. The topological polar surface area (TPSA) is 78.9 Å². The zero-order chi connectivity index (χ0) is 45.1. The zero-order valence-corrected chi connectivity index (χ0v) is 41.1. The highest BCUT2D eigenvalue weighted by Crippen LogP contribution is 2.16. The molecule has 0 saturated heterocycles. The molecule has 6 nitrogen and oxygen atoms in total. The van der Waals surface area contributed by atoms with Crippen molar-refractivity contribution in [1.29, 1.82) is 0 Å². The van der Waals surface area contributed by atoms with Gasteiger partial charge in [0.2, 0.25) is 0 Å². The quantitative estimate of drug-likeness (QED) is 0.0262. The Balaban J connectivity index is 4.34. The van der Waals surface area contributed by atoms with Gasteiger partial charge in [-0.05, 0) is 77.0 Å². The molecule has 0 aliphatic rings. The lowest BCUT2D eigenvalue weighted by Crippen LogP contribution is -2.30. The zero-order valence-electron chi connectivity index (χ0n) is 41.1. The van der Waals surface area contributed by atoms with Gasteiger partial charge in [0.1, 0.15) is 13.2 Å². The van der Waals surface area contributed by atoms with Crippen LogP contribution in [0, 0.1) is 0 Å². The molecular weight excluding hydrogens is 769 g/mol. The Morgan fingerprint density at radius 3 is 1.05 bits per heavy atom. The Labute approximate surface area is 384 Å². The molecule has 0 aliphatic heterocycles. The predicted molar refractivity (Wildman–Crippen MR) is 265 cm³/mol. The van der Waals surface area contributed by atoms with Crippen LogP contribution in [0.15, 0.2) is 48.6 Å². The second-order valence-electron chi connectivity index (χ2n) is 17.8. The molecule has 0 N–H and O–H groups in total. The summed E-state index contributed by atoms with van der Waals surface area (Å²) in [6.07, 6.45) is 61.1. The maximum atomic E-state index is 12.8. The molecule has 0 radical (unpaired) electrons. The van der Waals surface area contributed by atoms with Crippen molar-refractivity contribution in [3.8, 4) is 0 Å². The molecule has 360 valence electrons. The molecule has 0 spiro atoms. The van der Waals surface area contributed by atoms with Gasteiger partial charge in [-0.15, -0.1) is 0 Å². The SMILES string of the molecule is CC/C=C\C/C=C\C/C=C\CCCCC(=O)OCC(COC(=O)CCCCCCCCCCCCCCCCCCCCC)OC(=O)CCCCC/C=C\CCCCCCCC. The van der Waals surface area contributed by atoms with Gasteiger partial charge < -0.3 is 14.2 Å². The predicted octanol–water partition coefficient (Wildman–Crippen LogP) is 17.5. The monoisotopic (exact) mass is 869 g/mol. The van der Waals surface area contributed by atoms with Gasteiger partial charge in [0, 0.05) is 19.3 Å². The second-order valence-corrected chi connectivity index (χ2v) is 17.8. The van der Waals surface area contributed by atoms with E-state index in [1.165, 1.54) is 141 Å². The number of unbranched alkanes of at least 4 members (excludes halogenated alkanes) is 29. The normalized spacial score (nSPS) is 12.4. The molecule has 0 saturated carbocycles. The largest absolute Gasteiger partial charge is 0.462 e. The van der Waals surface area contributed by atoms with Gasteiger partial charge in [-0.3, -0.25) is 14.4 Å². The van der Waals surface area contributed by atoms with Gasteiger partial charge >= 0.3 is 17.9 Å². The molecular formula is C56H100O6. The van der Waals surface area contributed by atoms with Crippen LogP contribution in [-0.2, 0) is 28.6 Å². The van der Waals surface area contributed by atoms with Crippen LogP contribution < -0.4 is 0 Å². The van der Waals surface area contributed by atoms with E-state index in [1.807, 2.05) is 0 Å². The molecule has 0 aliphatic carbocycles. The summed E-state index contributed by atoms with van der Waals surface area (Å²) in [4.78, 5) is 37.9. The molecule has 0 aromatic carbocycles. The number of carbonyl (C=O) groups is 3. The highest BCUT2D eigenvalue weighted by atomic mass is 16.6. The van der Waals surface area contributed by atoms with Crippen molar-refractivity contribution in [3.05, 3.63) is 48.6 Å². The van der Waals surface area contributed by atoms with Crippen molar-refractivity contribution >= 4 is 17.9 Å². The van der Waals surface area contributed by atoms with Crippen LogP contribution in [-0.4, -0.2) is 37.2 Å². The van der Waals surface area contributed by atoms with Crippen molar-refractivity contribution in [2.45, 2.75) is 277 Å². The van der Waals surface area contributed by atoms with E-state index < -0.39 is 6.10 Å². The van der Waals surface area contributed by atoms with Crippen molar-refractivity contribution in [2.24, 2.45) is 0 Å². The summed E-state index contributed by atoms with van der Waals surface area (Å²) in [6.45, 7) is 6.49. The van der Waals surface area contributed by atoms with Gasteiger partial charge in [-0.25, -0.2) is 0 Å². The molecule has 0 bridgehead atoms. The Bertz CT molecular complexity index is 1090. The van der Waals surface area contributed by atoms with E-state index in [0.29, 0.717) is 19.3 Å². The molecule has 0 amide bonds. The third-order valence-electron chi connectivity index (χ3n) is 11.6. The fraction of sp³-hybridized carbons (Fsp3) is 0.804. The molecule has 0 aromatic rings. The number of carbonyl (C=O) groups excluding carboxylic acids is 3. The molecule has 0 fully saturated rings. The summed E-state index contributed by atoms with van der Waals surface area (Å²) in [7, 11) is 0. The van der Waals surface area contributed by atoms with E-state index in [1.54, 1.807) is 0 Å². The minimum atomic E-state index is -0.793. The Kier molecular flexibility index (Phi) is 48.8. The van der Waals surface area contributed by atoms with E-state index in [9.17, 15) is 14.4 Å². The number of hydrogen-bond acceptors (Lipinski definition) is 6. The summed E-state index contributed by atoms with van der Waals surface area (Å²) in [5.74, 6) is -0.938. The lowest BCUT2D eigenvalue weighted by atomic mass is 10.0. The molecule has 0 aromatic heterocycles. The molecule has 6 heteroatoms. The number of allylic oxidation sites excluding steroid dienone is 8. The van der Waals surface area contributed by atoms with Gasteiger partial charge in [-0.1, -0.05) is 223 Å². The first-order valence-corrected chi connectivity index (χ1v) is 26.6. The smallest absolute Gasteiger partial charge is 0.306 e.